The Bertz CT molecular complexity index is 47.7. The Morgan fingerprint density at radius 1 is 1.43 bits per heavy atom. The summed E-state index contributed by atoms with van der Waals surface area (Å²) in [5.41, 5.74) is 0. The van der Waals surface area contributed by atoms with Crippen molar-refractivity contribution in [2.45, 2.75) is 4.52 Å². The smallest absolute Gasteiger partial charge is 0.238 e. The standard InChI is InChI=1S/C2H2Cl4O/c3-1-2(4,5)7-6/h1H2. The topological polar surface area (TPSA) is 9.23 Å². The summed E-state index contributed by atoms with van der Waals surface area (Å²) < 4.78 is 2.52. The Balaban J connectivity index is 3.36. The van der Waals surface area contributed by atoms with Crippen LogP contribution in [0.25, 0.3) is 0 Å². The third-order valence-corrected chi connectivity index (χ3v) is 1.76. The van der Waals surface area contributed by atoms with Crippen molar-refractivity contribution in [3.8, 4) is 0 Å². The van der Waals surface area contributed by atoms with Crippen LogP contribution < -0.4 is 0 Å². The van der Waals surface area contributed by atoms with Gasteiger partial charge in [-0.3, -0.25) is 0 Å². The third-order valence-electron chi connectivity index (χ3n) is 0.268. The Hall–Kier alpha value is 1.12. The van der Waals surface area contributed by atoms with E-state index in [1.165, 1.54) is 0 Å². The highest BCUT2D eigenvalue weighted by atomic mass is 35.5. The van der Waals surface area contributed by atoms with Gasteiger partial charge in [0, 0.05) is 0 Å². The van der Waals surface area contributed by atoms with Crippen LogP contribution in [0.3, 0.4) is 0 Å². The van der Waals surface area contributed by atoms with Crippen molar-refractivity contribution in [2.75, 3.05) is 5.88 Å². The maximum atomic E-state index is 5.18. The normalized spacial score (nSPS) is 12.0. The van der Waals surface area contributed by atoms with E-state index in [-0.39, 0.29) is 5.88 Å². The zero-order valence-corrected chi connectivity index (χ0v) is 6.15. The van der Waals surface area contributed by atoms with Crippen LogP contribution in [0.15, 0.2) is 0 Å². The van der Waals surface area contributed by atoms with Crippen LogP contribution in [-0.2, 0) is 4.29 Å². The number of halogens is 4. The lowest BCUT2D eigenvalue weighted by Gasteiger charge is -2.08. The minimum Gasteiger partial charge on any atom is -0.238 e. The molecule has 0 saturated heterocycles. The zero-order valence-electron chi connectivity index (χ0n) is 3.13. The van der Waals surface area contributed by atoms with Crippen molar-refractivity contribution in [2.24, 2.45) is 0 Å². The van der Waals surface area contributed by atoms with Gasteiger partial charge in [-0.2, -0.15) is 0 Å². The predicted molar refractivity (Wildman–Crippen MR) is 32.1 cm³/mol. The first-order valence-corrected chi connectivity index (χ1v) is 2.96. The molecule has 0 aromatic heterocycles. The van der Waals surface area contributed by atoms with Crippen molar-refractivity contribution in [1.29, 1.82) is 0 Å². The number of hydrogen-bond donors (Lipinski definition) is 0. The average molecular weight is 184 g/mol. The van der Waals surface area contributed by atoms with Gasteiger partial charge in [0.1, 0.15) is 0 Å². The molecule has 0 N–H and O–H groups in total. The van der Waals surface area contributed by atoms with Crippen LogP contribution in [0.2, 0.25) is 0 Å². The molecule has 44 valence electrons. The third kappa shape index (κ3) is 3.68. The Labute approximate surface area is 61.6 Å². The molecule has 0 aliphatic heterocycles. The van der Waals surface area contributed by atoms with Crippen molar-refractivity contribution in [1.82, 2.24) is 0 Å². The van der Waals surface area contributed by atoms with Crippen LogP contribution in [0.5, 0.6) is 0 Å². The van der Waals surface area contributed by atoms with E-state index in [0.29, 0.717) is 0 Å². The van der Waals surface area contributed by atoms with E-state index in [4.69, 9.17) is 46.7 Å². The fourth-order valence-electron chi connectivity index (χ4n) is 0.0206. The van der Waals surface area contributed by atoms with E-state index >= 15 is 0 Å². The molecule has 0 atom stereocenters. The highest BCUT2D eigenvalue weighted by Gasteiger charge is 2.22. The number of alkyl halides is 3. The summed E-state index contributed by atoms with van der Waals surface area (Å²) in [7, 11) is 0. The van der Waals surface area contributed by atoms with Crippen LogP contribution in [0, 0.1) is 0 Å². The fraction of sp³-hybridized carbons (Fsp3) is 1.00. The molecule has 5 heteroatoms. The lowest BCUT2D eigenvalue weighted by Crippen LogP contribution is -2.13. The maximum absolute atomic E-state index is 5.18. The molecule has 1 nitrogen and oxygen atoms in total. The van der Waals surface area contributed by atoms with E-state index in [1.807, 2.05) is 0 Å². The Morgan fingerprint density at radius 3 is 1.86 bits per heavy atom. The Kier molecular flexibility index (Phi) is 3.72. The molecule has 0 bridgehead atoms. The largest absolute Gasteiger partial charge is 0.249 e. The summed E-state index contributed by atoms with van der Waals surface area (Å²) in [6.07, 6.45) is 0. The molecule has 7 heavy (non-hydrogen) atoms. The zero-order chi connectivity index (χ0) is 5.91. The van der Waals surface area contributed by atoms with Crippen molar-refractivity contribution in [3.05, 3.63) is 0 Å². The molecule has 0 aromatic rings. The van der Waals surface area contributed by atoms with Gasteiger partial charge in [0.2, 0.25) is 4.52 Å². The van der Waals surface area contributed by atoms with E-state index < -0.39 is 4.52 Å². The fourth-order valence-corrected chi connectivity index (χ4v) is 0.186. The highest BCUT2D eigenvalue weighted by molar-refractivity contribution is 6.51. The van der Waals surface area contributed by atoms with Gasteiger partial charge in [0.15, 0.2) is 0 Å². The van der Waals surface area contributed by atoms with Crippen LogP contribution in [0.4, 0.5) is 0 Å². The molecule has 0 aliphatic rings. The van der Waals surface area contributed by atoms with Crippen LogP contribution in [-0.4, -0.2) is 10.4 Å². The van der Waals surface area contributed by atoms with Crippen LogP contribution in [0.1, 0.15) is 0 Å². The van der Waals surface area contributed by atoms with Gasteiger partial charge in [0.05, 0.1) is 17.7 Å². The van der Waals surface area contributed by atoms with E-state index in [1.54, 1.807) is 0 Å². The number of rotatable bonds is 2. The first-order chi connectivity index (χ1) is 3.12. The van der Waals surface area contributed by atoms with Crippen LogP contribution >= 0.6 is 46.7 Å². The van der Waals surface area contributed by atoms with Crippen molar-refractivity contribution >= 4 is 46.7 Å². The van der Waals surface area contributed by atoms with Gasteiger partial charge in [-0.15, -0.1) is 11.6 Å². The summed E-state index contributed by atoms with van der Waals surface area (Å²) in [6, 6.07) is 0. The van der Waals surface area contributed by atoms with E-state index in [0.717, 1.165) is 0 Å². The summed E-state index contributed by atoms with van der Waals surface area (Å²) in [5, 5.41) is 0. The molecule has 0 unspecified atom stereocenters. The molecule has 0 aromatic carbocycles. The second-order valence-electron chi connectivity index (χ2n) is 0.848. The van der Waals surface area contributed by atoms with Crippen molar-refractivity contribution in [3.63, 3.8) is 0 Å². The summed E-state index contributed by atoms with van der Waals surface area (Å²) in [6.45, 7) is 0. The lowest BCUT2D eigenvalue weighted by atomic mass is 10.8. The summed E-state index contributed by atoms with van der Waals surface area (Å²) in [4.78, 5) is 0. The molecular formula is C2H2Cl4O. The monoisotopic (exact) mass is 182 g/mol. The van der Waals surface area contributed by atoms with Crippen molar-refractivity contribution < 1.29 is 4.29 Å². The molecule has 0 heterocycles. The summed E-state index contributed by atoms with van der Waals surface area (Å²) in [5.74, 6) is -0.0559. The molecule has 0 amide bonds. The molecular weight excluding hydrogens is 182 g/mol. The molecule has 0 fully saturated rings. The Morgan fingerprint density at radius 2 is 1.86 bits per heavy atom. The first-order valence-electron chi connectivity index (χ1n) is 1.36. The minimum atomic E-state index is -1.44. The first kappa shape index (κ1) is 8.12. The number of hydrogen-bond acceptors (Lipinski definition) is 1. The molecule has 0 radical (unpaired) electrons. The second kappa shape index (κ2) is 3.21. The SMILES string of the molecule is ClCC(Cl)(Cl)OCl. The van der Waals surface area contributed by atoms with Gasteiger partial charge < -0.3 is 0 Å². The molecule has 0 saturated carbocycles. The second-order valence-corrected chi connectivity index (χ2v) is 2.68. The van der Waals surface area contributed by atoms with Gasteiger partial charge in [-0.05, 0) is 0 Å². The average Bonchev–Trinajstić information content (AvgIpc) is 1.68. The molecule has 0 aliphatic carbocycles. The quantitative estimate of drug-likeness (QED) is 0.599. The van der Waals surface area contributed by atoms with Gasteiger partial charge in [-0.25, -0.2) is 4.29 Å². The van der Waals surface area contributed by atoms with Gasteiger partial charge in [0.25, 0.3) is 0 Å². The predicted octanol–water partition coefficient (Wildman–Crippen LogP) is 2.53. The molecule has 0 rings (SSSR count). The molecule has 0 spiro atoms. The summed E-state index contributed by atoms with van der Waals surface area (Å²) >= 11 is 20.2. The van der Waals surface area contributed by atoms with E-state index in [2.05, 4.69) is 4.29 Å². The lowest BCUT2D eigenvalue weighted by molar-refractivity contribution is 0.295. The van der Waals surface area contributed by atoms with Gasteiger partial charge in [-0.1, -0.05) is 23.2 Å². The minimum absolute atomic E-state index is 0.0559. The maximum Gasteiger partial charge on any atom is 0.249 e. The highest BCUT2D eigenvalue weighted by Crippen LogP contribution is 2.24. The van der Waals surface area contributed by atoms with E-state index in [9.17, 15) is 0 Å². The van der Waals surface area contributed by atoms with Gasteiger partial charge >= 0.3 is 0 Å².